The lowest BCUT2D eigenvalue weighted by Crippen LogP contribution is -2.60. The van der Waals surface area contributed by atoms with Gasteiger partial charge in [-0.25, -0.2) is 0 Å². The summed E-state index contributed by atoms with van der Waals surface area (Å²) in [5.41, 5.74) is 1.99. The van der Waals surface area contributed by atoms with E-state index in [0.717, 1.165) is 31.4 Å². The van der Waals surface area contributed by atoms with Crippen molar-refractivity contribution in [1.29, 1.82) is 0 Å². The summed E-state index contributed by atoms with van der Waals surface area (Å²) in [7, 11) is 1.58. The molecule has 2 N–H and O–H groups in total. The minimum Gasteiger partial charge on any atom is -0.504 e. The van der Waals surface area contributed by atoms with E-state index < -0.39 is 0 Å². The summed E-state index contributed by atoms with van der Waals surface area (Å²) in [6.07, 6.45) is 4.06. The summed E-state index contributed by atoms with van der Waals surface area (Å²) in [6, 6.07) is 4.34. The number of benzene rings is 1. The van der Waals surface area contributed by atoms with Crippen molar-refractivity contribution in [3.63, 3.8) is 0 Å². The van der Waals surface area contributed by atoms with Gasteiger partial charge in [0.05, 0.1) is 7.11 Å². The van der Waals surface area contributed by atoms with Crippen LogP contribution in [-0.2, 0) is 16.6 Å². The zero-order valence-electron chi connectivity index (χ0n) is 12.3. The second kappa shape index (κ2) is 4.47. The van der Waals surface area contributed by atoms with Gasteiger partial charge in [-0.3, -0.25) is 4.79 Å². The highest BCUT2D eigenvalue weighted by Crippen LogP contribution is 2.56. The smallest absolute Gasteiger partial charge is 0.161 e. The Morgan fingerprint density at radius 3 is 3.10 bits per heavy atom. The van der Waals surface area contributed by atoms with E-state index in [4.69, 9.17) is 4.74 Å². The first-order chi connectivity index (χ1) is 10.2. The Kier molecular flexibility index (Phi) is 2.80. The summed E-state index contributed by atoms with van der Waals surface area (Å²) in [5, 5.41) is 14.3. The molecule has 1 aliphatic heterocycles. The SMILES string of the molecule is COc1ccc2c(c1O)C13CCNC(C2)C1CCC(=O)C3. The molecule has 21 heavy (non-hydrogen) atoms. The fourth-order valence-electron chi connectivity index (χ4n) is 5.00. The van der Waals surface area contributed by atoms with Crippen molar-refractivity contribution >= 4 is 5.78 Å². The number of ether oxygens (including phenoxy) is 1. The Balaban J connectivity index is 1.95. The average Bonchev–Trinajstić information content (AvgIpc) is 2.46. The molecule has 0 amide bonds. The van der Waals surface area contributed by atoms with E-state index in [2.05, 4.69) is 11.4 Å². The molecule has 112 valence electrons. The number of carbonyl (C=O) groups excluding carboxylic acids is 1. The number of carbonyl (C=O) groups is 1. The maximum absolute atomic E-state index is 12.2. The van der Waals surface area contributed by atoms with E-state index >= 15 is 0 Å². The van der Waals surface area contributed by atoms with Crippen molar-refractivity contribution in [3.05, 3.63) is 23.3 Å². The van der Waals surface area contributed by atoms with E-state index in [1.54, 1.807) is 7.11 Å². The van der Waals surface area contributed by atoms with Gasteiger partial charge in [-0.05, 0) is 43.4 Å². The van der Waals surface area contributed by atoms with E-state index in [-0.39, 0.29) is 11.2 Å². The number of phenols is 1. The summed E-state index contributed by atoms with van der Waals surface area (Å²) < 4.78 is 5.30. The van der Waals surface area contributed by atoms with Crippen LogP contribution in [0.4, 0.5) is 0 Å². The fourth-order valence-corrected chi connectivity index (χ4v) is 5.00. The van der Waals surface area contributed by atoms with E-state index in [9.17, 15) is 9.90 Å². The lowest BCUT2D eigenvalue weighted by Gasteiger charge is -2.55. The molecule has 2 bridgehead atoms. The quantitative estimate of drug-likeness (QED) is 0.828. The van der Waals surface area contributed by atoms with Crippen LogP contribution in [0.25, 0.3) is 0 Å². The molecule has 1 heterocycles. The number of phenolic OH excluding ortho intramolecular Hbond substituents is 1. The van der Waals surface area contributed by atoms with Crippen molar-refractivity contribution in [2.45, 2.75) is 43.6 Å². The first-order valence-corrected chi connectivity index (χ1v) is 7.80. The van der Waals surface area contributed by atoms with Crippen LogP contribution in [0.5, 0.6) is 11.5 Å². The Labute approximate surface area is 124 Å². The van der Waals surface area contributed by atoms with Crippen molar-refractivity contribution in [1.82, 2.24) is 5.32 Å². The zero-order chi connectivity index (χ0) is 14.6. The number of nitrogens with one attached hydrogen (secondary N) is 1. The van der Waals surface area contributed by atoms with Gasteiger partial charge in [0.2, 0.25) is 0 Å². The van der Waals surface area contributed by atoms with Crippen molar-refractivity contribution in [3.8, 4) is 11.5 Å². The molecule has 0 aromatic heterocycles. The van der Waals surface area contributed by atoms with Crippen molar-refractivity contribution < 1.29 is 14.6 Å². The van der Waals surface area contributed by atoms with Gasteiger partial charge in [0.15, 0.2) is 11.5 Å². The number of hydrogen-bond donors (Lipinski definition) is 2. The van der Waals surface area contributed by atoms with Crippen LogP contribution in [0, 0.1) is 5.92 Å². The number of methoxy groups -OCH3 is 1. The highest BCUT2D eigenvalue weighted by Gasteiger charge is 2.54. The topological polar surface area (TPSA) is 58.6 Å². The zero-order valence-corrected chi connectivity index (χ0v) is 12.3. The van der Waals surface area contributed by atoms with E-state index in [1.165, 1.54) is 5.56 Å². The number of piperidine rings is 1. The third-order valence-corrected chi connectivity index (χ3v) is 5.80. The second-order valence-electron chi connectivity index (χ2n) is 6.68. The minimum absolute atomic E-state index is 0.183. The second-order valence-corrected chi connectivity index (χ2v) is 6.68. The number of ketones is 1. The summed E-state index contributed by atoms with van der Waals surface area (Å²) >= 11 is 0. The molecule has 1 aromatic rings. The standard InChI is InChI=1S/C17H21NO3/c1-21-14-5-2-10-8-13-12-4-3-11(19)9-17(12,6-7-18-13)15(10)16(14)20/h2,5,12-13,18,20H,3-4,6-9H2,1H3. The highest BCUT2D eigenvalue weighted by atomic mass is 16.5. The maximum atomic E-state index is 12.2. The first-order valence-electron chi connectivity index (χ1n) is 7.80. The molecular weight excluding hydrogens is 266 g/mol. The number of fused-ring (bicyclic) bond motifs is 1. The van der Waals surface area contributed by atoms with Crippen LogP contribution in [0.2, 0.25) is 0 Å². The highest BCUT2D eigenvalue weighted by molar-refractivity contribution is 5.82. The summed E-state index contributed by atoms with van der Waals surface area (Å²) in [5.74, 6) is 1.57. The third kappa shape index (κ3) is 1.68. The molecule has 1 saturated heterocycles. The van der Waals surface area contributed by atoms with Gasteiger partial charge >= 0.3 is 0 Å². The summed E-state index contributed by atoms with van der Waals surface area (Å²) in [4.78, 5) is 12.2. The van der Waals surface area contributed by atoms with Gasteiger partial charge in [0.25, 0.3) is 0 Å². The Bertz CT molecular complexity index is 612. The molecule has 4 nitrogen and oxygen atoms in total. The first kappa shape index (κ1) is 13.1. The molecule has 3 aliphatic rings. The minimum atomic E-state index is -0.183. The molecule has 0 spiro atoms. The van der Waals surface area contributed by atoms with Crippen molar-refractivity contribution in [2.24, 2.45) is 5.92 Å². The molecule has 1 aromatic carbocycles. The number of Topliss-reactive ketones (excluding diaryl/α,β-unsaturated/α-hetero) is 1. The Morgan fingerprint density at radius 2 is 2.29 bits per heavy atom. The predicted octanol–water partition coefficient (Wildman–Crippen LogP) is 1.93. The molecule has 4 heteroatoms. The van der Waals surface area contributed by atoms with Crippen LogP contribution in [0.15, 0.2) is 12.1 Å². The number of hydrogen-bond acceptors (Lipinski definition) is 4. The lowest BCUT2D eigenvalue weighted by molar-refractivity contribution is -0.125. The van der Waals surface area contributed by atoms with Gasteiger partial charge < -0.3 is 15.2 Å². The van der Waals surface area contributed by atoms with Crippen LogP contribution >= 0.6 is 0 Å². The third-order valence-electron chi connectivity index (χ3n) is 5.80. The predicted molar refractivity (Wildman–Crippen MR) is 78.8 cm³/mol. The van der Waals surface area contributed by atoms with Gasteiger partial charge in [-0.2, -0.15) is 0 Å². The van der Waals surface area contributed by atoms with E-state index in [1.807, 2.05) is 6.07 Å². The van der Waals surface area contributed by atoms with Gasteiger partial charge in [-0.1, -0.05) is 6.07 Å². The monoisotopic (exact) mass is 287 g/mol. The van der Waals surface area contributed by atoms with Gasteiger partial charge in [0.1, 0.15) is 5.78 Å². The molecule has 0 radical (unpaired) electrons. The van der Waals surface area contributed by atoms with Crippen LogP contribution < -0.4 is 10.1 Å². The van der Waals surface area contributed by atoms with Crippen molar-refractivity contribution in [2.75, 3.05) is 13.7 Å². The number of rotatable bonds is 1. The summed E-state index contributed by atoms with van der Waals surface area (Å²) in [6.45, 7) is 0.921. The largest absolute Gasteiger partial charge is 0.504 e. The molecule has 1 saturated carbocycles. The molecule has 3 unspecified atom stereocenters. The molecule has 3 atom stereocenters. The molecule has 4 rings (SSSR count). The van der Waals surface area contributed by atoms with Crippen LogP contribution in [-0.4, -0.2) is 30.6 Å². The molecular formula is C17H21NO3. The lowest BCUT2D eigenvalue weighted by atomic mass is 9.52. The van der Waals surface area contributed by atoms with Crippen LogP contribution in [0.3, 0.4) is 0 Å². The normalized spacial score (nSPS) is 34.0. The van der Waals surface area contributed by atoms with Crippen LogP contribution in [0.1, 0.15) is 36.8 Å². The average molecular weight is 287 g/mol. The fraction of sp³-hybridized carbons (Fsp3) is 0.588. The molecule has 2 fully saturated rings. The number of aromatic hydroxyl groups is 1. The van der Waals surface area contributed by atoms with E-state index in [0.29, 0.717) is 36.3 Å². The maximum Gasteiger partial charge on any atom is 0.161 e. The van der Waals surface area contributed by atoms with Gasteiger partial charge in [-0.15, -0.1) is 0 Å². The Hall–Kier alpha value is -1.55. The van der Waals surface area contributed by atoms with Gasteiger partial charge in [0, 0.05) is 29.9 Å². The Morgan fingerprint density at radius 1 is 1.43 bits per heavy atom. The molecule has 2 aliphatic carbocycles.